The van der Waals surface area contributed by atoms with E-state index in [1.54, 1.807) is 29.2 Å². The van der Waals surface area contributed by atoms with Gasteiger partial charge in [0.25, 0.3) is 5.91 Å². The van der Waals surface area contributed by atoms with Gasteiger partial charge in [0.1, 0.15) is 0 Å². The molecule has 1 N–H and O–H groups in total. The summed E-state index contributed by atoms with van der Waals surface area (Å²) in [6.45, 7) is 0.568. The maximum atomic E-state index is 12.8. The Balaban J connectivity index is 1.84. The van der Waals surface area contributed by atoms with Gasteiger partial charge in [-0.05, 0) is 23.3 Å². The van der Waals surface area contributed by atoms with Gasteiger partial charge in [0.05, 0.1) is 18.4 Å². The molecule has 0 aromatic heterocycles. The maximum absolute atomic E-state index is 12.8. The maximum Gasteiger partial charge on any atom is 0.308 e. The Kier molecular flexibility index (Phi) is 4.80. The molecule has 1 aliphatic rings. The number of carboxylic acids is 1. The number of likely N-dealkylation sites (tertiary alicyclic amines) is 1. The quantitative estimate of drug-likeness (QED) is 0.932. The van der Waals surface area contributed by atoms with Gasteiger partial charge in [0, 0.05) is 24.6 Å². The Hall–Kier alpha value is -3.13. The van der Waals surface area contributed by atoms with Crippen molar-refractivity contribution < 1.29 is 14.7 Å². The monoisotopic (exact) mass is 334 g/mol. The number of carbonyl (C=O) groups is 2. The number of carbonyl (C=O) groups excluding carboxylic acids is 1. The van der Waals surface area contributed by atoms with E-state index >= 15 is 0 Å². The number of aliphatic carboxylic acids is 1. The van der Waals surface area contributed by atoms with E-state index in [1.165, 1.54) is 0 Å². The Morgan fingerprint density at radius 3 is 2.56 bits per heavy atom. The molecule has 1 aliphatic heterocycles. The van der Waals surface area contributed by atoms with E-state index in [0.717, 1.165) is 11.1 Å². The molecule has 5 heteroatoms. The van der Waals surface area contributed by atoms with Gasteiger partial charge in [-0.1, -0.05) is 42.5 Å². The highest BCUT2D eigenvalue weighted by Gasteiger charge is 2.40. The standard InChI is InChI=1S/C20H18N2O3/c21-10-9-14-5-4-8-16(11-14)19(23)22-12-17(18(13-22)20(24)25)15-6-2-1-3-7-15/h1-8,11,17-18H,9,12-13H2,(H,24,25). The molecule has 0 spiro atoms. The highest BCUT2D eigenvalue weighted by atomic mass is 16.4. The van der Waals surface area contributed by atoms with Crippen LogP contribution < -0.4 is 0 Å². The molecule has 0 aliphatic carbocycles. The lowest BCUT2D eigenvalue weighted by Gasteiger charge is -2.17. The number of amides is 1. The van der Waals surface area contributed by atoms with Gasteiger partial charge in [-0.3, -0.25) is 9.59 Å². The van der Waals surface area contributed by atoms with Crippen LogP contribution in [0, 0.1) is 17.2 Å². The van der Waals surface area contributed by atoms with Crippen LogP contribution in [-0.4, -0.2) is 35.0 Å². The number of hydrogen-bond acceptors (Lipinski definition) is 3. The van der Waals surface area contributed by atoms with Crippen LogP contribution in [0.15, 0.2) is 54.6 Å². The largest absolute Gasteiger partial charge is 0.481 e. The molecule has 1 heterocycles. The molecule has 3 rings (SSSR count). The van der Waals surface area contributed by atoms with Crippen molar-refractivity contribution in [1.29, 1.82) is 5.26 Å². The molecular formula is C20H18N2O3. The van der Waals surface area contributed by atoms with Crippen LogP contribution in [0.2, 0.25) is 0 Å². The van der Waals surface area contributed by atoms with Crippen LogP contribution in [0.3, 0.4) is 0 Å². The molecule has 2 aromatic rings. The number of benzene rings is 2. The lowest BCUT2D eigenvalue weighted by molar-refractivity contribution is -0.141. The third-order valence-electron chi connectivity index (χ3n) is 4.61. The molecule has 2 unspecified atom stereocenters. The van der Waals surface area contributed by atoms with Gasteiger partial charge >= 0.3 is 5.97 Å². The fraction of sp³-hybridized carbons (Fsp3) is 0.250. The fourth-order valence-corrected chi connectivity index (χ4v) is 3.35. The zero-order valence-electron chi connectivity index (χ0n) is 13.6. The highest BCUT2D eigenvalue weighted by molar-refractivity contribution is 5.95. The van der Waals surface area contributed by atoms with Gasteiger partial charge < -0.3 is 10.0 Å². The number of nitriles is 1. The minimum atomic E-state index is -0.887. The van der Waals surface area contributed by atoms with Crippen LogP contribution in [0.4, 0.5) is 0 Å². The number of hydrogen-bond donors (Lipinski definition) is 1. The zero-order chi connectivity index (χ0) is 17.8. The second kappa shape index (κ2) is 7.18. The first-order chi connectivity index (χ1) is 12.1. The van der Waals surface area contributed by atoms with Gasteiger partial charge in [-0.2, -0.15) is 5.26 Å². The second-order valence-electron chi connectivity index (χ2n) is 6.21. The summed E-state index contributed by atoms with van der Waals surface area (Å²) in [6, 6.07) is 18.5. The van der Waals surface area contributed by atoms with Crippen molar-refractivity contribution in [1.82, 2.24) is 4.90 Å². The molecule has 126 valence electrons. The van der Waals surface area contributed by atoms with E-state index in [1.807, 2.05) is 30.3 Å². The first kappa shape index (κ1) is 16.7. The summed E-state index contributed by atoms with van der Waals surface area (Å²) in [4.78, 5) is 26.1. The minimum Gasteiger partial charge on any atom is -0.481 e. The third kappa shape index (κ3) is 3.53. The van der Waals surface area contributed by atoms with Gasteiger partial charge in [0.15, 0.2) is 0 Å². The predicted molar refractivity (Wildman–Crippen MR) is 92.0 cm³/mol. The van der Waals surface area contributed by atoms with Crippen molar-refractivity contribution >= 4 is 11.9 Å². The van der Waals surface area contributed by atoms with Crippen LogP contribution in [0.5, 0.6) is 0 Å². The SMILES string of the molecule is N#CCc1cccc(C(=O)N2CC(C(=O)O)C(c3ccccc3)C2)c1. The molecule has 2 aromatic carbocycles. The molecule has 1 fully saturated rings. The molecule has 1 amide bonds. The Labute approximate surface area is 146 Å². The Bertz CT molecular complexity index is 826. The number of nitrogens with zero attached hydrogens (tertiary/aromatic N) is 2. The summed E-state index contributed by atoms with van der Waals surface area (Å²) < 4.78 is 0. The van der Waals surface area contributed by atoms with Gasteiger partial charge in [-0.15, -0.1) is 0 Å². The van der Waals surface area contributed by atoms with E-state index < -0.39 is 11.9 Å². The molecule has 2 atom stereocenters. The predicted octanol–water partition coefficient (Wildman–Crippen LogP) is 2.69. The van der Waals surface area contributed by atoms with Crippen molar-refractivity contribution in [2.75, 3.05) is 13.1 Å². The van der Waals surface area contributed by atoms with E-state index in [2.05, 4.69) is 6.07 Å². The van der Waals surface area contributed by atoms with Gasteiger partial charge in [0.2, 0.25) is 0 Å². The molecule has 5 nitrogen and oxygen atoms in total. The summed E-state index contributed by atoms with van der Waals surface area (Å²) in [6.07, 6.45) is 0.242. The summed E-state index contributed by atoms with van der Waals surface area (Å²) >= 11 is 0. The first-order valence-electron chi connectivity index (χ1n) is 8.13. The summed E-state index contributed by atoms with van der Waals surface area (Å²) in [7, 11) is 0. The summed E-state index contributed by atoms with van der Waals surface area (Å²) in [5.41, 5.74) is 2.20. The van der Waals surface area contributed by atoms with Crippen LogP contribution in [0.25, 0.3) is 0 Å². The lowest BCUT2D eigenvalue weighted by Crippen LogP contribution is -2.30. The fourth-order valence-electron chi connectivity index (χ4n) is 3.35. The van der Waals surface area contributed by atoms with E-state index in [4.69, 9.17) is 5.26 Å². The Morgan fingerprint density at radius 2 is 1.88 bits per heavy atom. The van der Waals surface area contributed by atoms with Crippen molar-refractivity contribution in [2.45, 2.75) is 12.3 Å². The zero-order valence-corrected chi connectivity index (χ0v) is 13.6. The van der Waals surface area contributed by atoms with Crippen LogP contribution >= 0.6 is 0 Å². The average molecular weight is 334 g/mol. The van der Waals surface area contributed by atoms with Crippen LogP contribution in [0.1, 0.15) is 27.4 Å². The van der Waals surface area contributed by atoms with E-state index in [-0.39, 0.29) is 24.8 Å². The van der Waals surface area contributed by atoms with Crippen molar-refractivity contribution in [3.8, 4) is 6.07 Å². The minimum absolute atomic E-state index is 0.190. The lowest BCUT2D eigenvalue weighted by atomic mass is 9.89. The highest BCUT2D eigenvalue weighted by Crippen LogP contribution is 2.33. The second-order valence-corrected chi connectivity index (χ2v) is 6.21. The Morgan fingerprint density at radius 1 is 1.12 bits per heavy atom. The molecule has 0 saturated carbocycles. The number of carboxylic acid groups (broad SMARTS) is 1. The number of rotatable bonds is 4. The summed E-state index contributed by atoms with van der Waals surface area (Å²) in [5, 5.41) is 18.4. The van der Waals surface area contributed by atoms with E-state index in [9.17, 15) is 14.7 Å². The van der Waals surface area contributed by atoms with E-state index in [0.29, 0.717) is 12.1 Å². The summed E-state index contributed by atoms with van der Waals surface area (Å²) in [5.74, 6) is -1.91. The molecular weight excluding hydrogens is 316 g/mol. The van der Waals surface area contributed by atoms with Crippen LogP contribution in [-0.2, 0) is 11.2 Å². The van der Waals surface area contributed by atoms with Crippen molar-refractivity contribution in [3.63, 3.8) is 0 Å². The normalized spacial score (nSPS) is 19.4. The topological polar surface area (TPSA) is 81.4 Å². The molecule has 25 heavy (non-hydrogen) atoms. The molecule has 0 bridgehead atoms. The smallest absolute Gasteiger partial charge is 0.308 e. The van der Waals surface area contributed by atoms with Crippen molar-refractivity contribution in [3.05, 3.63) is 71.3 Å². The first-order valence-corrected chi connectivity index (χ1v) is 8.13. The van der Waals surface area contributed by atoms with Crippen molar-refractivity contribution in [2.24, 2.45) is 5.92 Å². The third-order valence-corrected chi connectivity index (χ3v) is 4.61. The molecule has 1 saturated heterocycles. The molecule has 0 radical (unpaired) electrons. The van der Waals surface area contributed by atoms with Gasteiger partial charge in [-0.25, -0.2) is 0 Å². The average Bonchev–Trinajstić information content (AvgIpc) is 3.08.